The van der Waals surface area contributed by atoms with E-state index >= 15 is 0 Å². The third kappa shape index (κ3) is 7.41. The number of nitrogens with one attached hydrogen (secondary N) is 1. The van der Waals surface area contributed by atoms with Gasteiger partial charge in [-0.1, -0.05) is 13.0 Å². The number of carbonyl (C=O) groups is 1. The fourth-order valence-electron chi connectivity index (χ4n) is 2.01. The molecule has 1 rings (SSSR count). The predicted octanol–water partition coefficient (Wildman–Crippen LogP) is 2.98. The highest BCUT2D eigenvalue weighted by Crippen LogP contribution is 2.10. The number of carbonyl (C=O) groups excluding carboxylic acids is 1. The molecule has 1 unspecified atom stereocenters. The largest absolute Gasteiger partial charge is 0.444 e. The Morgan fingerprint density at radius 1 is 1.41 bits per heavy atom. The van der Waals surface area contributed by atoms with Crippen molar-refractivity contribution in [1.82, 2.24) is 15.2 Å². The summed E-state index contributed by atoms with van der Waals surface area (Å²) in [6, 6.07) is 4.09. The van der Waals surface area contributed by atoms with Crippen LogP contribution in [0.3, 0.4) is 0 Å². The number of amides is 1. The average Bonchev–Trinajstić information content (AvgIpc) is 2.39. The van der Waals surface area contributed by atoms with Gasteiger partial charge in [0.25, 0.3) is 0 Å². The second-order valence-electron chi connectivity index (χ2n) is 6.90. The number of aromatic nitrogens is 1. The minimum absolute atomic E-state index is 0.276. The molecule has 0 spiro atoms. The summed E-state index contributed by atoms with van der Waals surface area (Å²) in [4.78, 5) is 17.8. The molecule has 1 atom stereocenters. The lowest BCUT2D eigenvalue weighted by Crippen LogP contribution is -2.38. The van der Waals surface area contributed by atoms with Crippen LogP contribution in [0.4, 0.5) is 4.79 Å². The lowest BCUT2D eigenvalue weighted by Gasteiger charge is -2.26. The topological polar surface area (TPSA) is 54.5 Å². The molecule has 0 aliphatic rings. The summed E-state index contributed by atoms with van der Waals surface area (Å²) in [6.45, 7) is 12.0. The molecule has 0 radical (unpaired) electrons. The van der Waals surface area contributed by atoms with E-state index in [4.69, 9.17) is 4.74 Å². The minimum atomic E-state index is -0.453. The molecule has 0 aliphatic heterocycles. The Morgan fingerprint density at radius 2 is 2.09 bits per heavy atom. The summed E-state index contributed by atoms with van der Waals surface area (Å²) in [5.74, 6) is 0.343. The Kier molecular flexibility index (Phi) is 6.81. The van der Waals surface area contributed by atoms with Crippen LogP contribution < -0.4 is 5.32 Å². The van der Waals surface area contributed by atoms with Gasteiger partial charge in [0.1, 0.15) is 5.60 Å². The zero-order valence-corrected chi connectivity index (χ0v) is 14.6. The van der Waals surface area contributed by atoms with Crippen molar-refractivity contribution in [2.24, 2.45) is 5.92 Å². The quantitative estimate of drug-likeness (QED) is 0.878. The maximum Gasteiger partial charge on any atom is 0.410 e. The van der Waals surface area contributed by atoms with Crippen LogP contribution in [-0.2, 0) is 11.3 Å². The zero-order valence-electron chi connectivity index (χ0n) is 14.6. The molecule has 0 saturated carbocycles. The predicted molar refractivity (Wildman–Crippen MR) is 88.7 cm³/mol. The number of rotatable bonds is 6. The second kappa shape index (κ2) is 8.13. The molecule has 1 aromatic rings. The van der Waals surface area contributed by atoms with Gasteiger partial charge in [-0.15, -0.1) is 0 Å². The van der Waals surface area contributed by atoms with Gasteiger partial charge in [-0.2, -0.15) is 0 Å². The van der Waals surface area contributed by atoms with Gasteiger partial charge in [0.15, 0.2) is 0 Å². The zero-order chi connectivity index (χ0) is 16.8. The van der Waals surface area contributed by atoms with E-state index in [0.29, 0.717) is 12.5 Å². The molecule has 5 nitrogen and oxygen atoms in total. The van der Waals surface area contributed by atoms with Crippen LogP contribution in [0, 0.1) is 12.8 Å². The first-order valence-electron chi connectivity index (χ1n) is 7.74. The number of ether oxygens (including phenoxy) is 1. The SMILES string of the molecule is Cc1ccc(CNCC(C)CN(C)C(=O)OC(C)(C)C)cn1. The van der Waals surface area contributed by atoms with Gasteiger partial charge in [0, 0.05) is 32.0 Å². The van der Waals surface area contributed by atoms with Crippen LogP contribution in [-0.4, -0.2) is 41.7 Å². The molecule has 0 bridgehead atoms. The van der Waals surface area contributed by atoms with Gasteiger partial charge in [-0.25, -0.2) is 4.79 Å². The molecule has 5 heteroatoms. The van der Waals surface area contributed by atoms with E-state index in [1.807, 2.05) is 40.0 Å². The molecule has 0 aliphatic carbocycles. The standard InChI is InChI=1S/C17H29N3O2/c1-13(12-20(6)16(21)22-17(3,4)5)9-18-10-15-8-7-14(2)19-11-15/h7-8,11,13,18H,9-10,12H2,1-6H3. The highest BCUT2D eigenvalue weighted by atomic mass is 16.6. The van der Waals surface area contributed by atoms with Crippen LogP contribution in [0.25, 0.3) is 0 Å². The molecule has 0 saturated heterocycles. The van der Waals surface area contributed by atoms with Crippen molar-refractivity contribution >= 4 is 6.09 Å². The first-order chi connectivity index (χ1) is 10.2. The third-order valence-corrected chi connectivity index (χ3v) is 3.09. The van der Waals surface area contributed by atoms with Crippen molar-refractivity contribution in [2.75, 3.05) is 20.1 Å². The van der Waals surface area contributed by atoms with E-state index in [1.54, 1.807) is 11.9 Å². The van der Waals surface area contributed by atoms with Gasteiger partial charge in [-0.3, -0.25) is 4.98 Å². The second-order valence-corrected chi connectivity index (χ2v) is 6.90. The summed E-state index contributed by atoms with van der Waals surface area (Å²) in [5, 5.41) is 3.39. The van der Waals surface area contributed by atoms with Gasteiger partial charge < -0.3 is 15.0 Å². The van der Waals surface area contributed by atoms with Crippen molar-refractivity contribution in [1.29, 1.82) is 0 Å². The molecule has 1 amide bonds. The molecule has 22 heavy (non-hydrogen) atoms. The minimum Gasteiger partial charge on any atom is -0.444 e. The van der Waals surface area contributed by atoms with Gasteiger partial charge in [0.2, 0.25) is 0 Å². The molecule has 0 aromatic carbocycles. The highest BCUT2D eigenvalue weighted by molar-refractivity contribution is 5.67. The fraction of sp³-hybridized carbons (Fsp3) is 0.647. The Balaban J connectivity index is 2.29. The van der Waals surface area contributed by atoms with E-state index in [1.165, 1.54) is 5.56 Å². The molecule has 124 valence electrons. The normalized spacial score (nSPS) is 12.8. The monoisotopic (exact) mass is 307 g/mol. The van der Waals surface area contributed by atoms with Crippen LogP contribution >= 0.6 is 0 Å². The van der Waals surface area contributed by atoms with Crippen LogP contribution in [0.15, 0.2) is 18.3 Å². The van der Waals surface area contributed by atoms with Crippen LogP contribution in [0.1, 0.15) is 39.0 Å². The molecule has 1 N–H and O–H groups in total. The van der Waals surface area contributed by atoms with Gasteiger partial charge >= 0.3 is 6.09 Å². The van der Waals surface area contributed by atoms with E-state index < -0.39 is 5.60 Å². The summed E-state index contributed by atoms with van der Waals surface area (Å²) in [6.07, 6.45) is 1.61. The number of hydrogen-bond donors (Lipinski definition) is 1. The third-order valence-electron chi connectivity index (χ3n) is 3.09. The lowest BCUT2D eigenvalue weighted by molar-refractivity contribution is 0.0277. The molecule has 0 fully saturated rings. The first-order valence-corrected chi connectivity index (χ1v) is 7.74. The van der Waals surface area contributed by atoms with Crippen LogP contribution in [0.2, 0.25) is 0 Å². The van der Waals surface area contributed by atoms with Gasteiger partial charge in [0.05, 0.1) is 0 Å². The fourth-order valence-corrected chi connectivity index (χ4v) is 2.01. The number of aryl methyl sites for hydroxylation is 1. The smallest absolute Gasteiger partial charge is 0.410 e. The number of pyridine rings is 1. The van der Waals surface area contributed by atoms with Crippen molar-refractivity contribution in [3.05, 3.63) is 29.6 Å². The Morgan fingerprint density at radius 3 is 2.64 bits per heavy atom. The molecule has 1 heterocycles. The number of hydrogen-bond acceptors (Lipinski definition) is 4. The van der Waals surface area contributed by atoms with Crippen molar-refractivity contribution in [2.45, 2.75) is 46.8 Å². The van der Waals surface area contributed by atoms with E-state index in [0.717, 1.165) is 18.8 Å². The van der Waals surface area contributed by atoms with E-state index in [-0.39, 0.29) is 6.09 Å². The van der Waals surface area contributed by atoms with Crippen molar-refractivity contribution < 1.29 is 9.53 Å². The Labute approximate surface area is 134 Å². The van der Waals surface area contributed by atoms with E-state index in [2.05, 4.69) is 23.3 Å². The van der Waals surface area contributed by atoms with E-state index in [9.17, 15) is 4.79 Å². The summed E-state index contributed by atoms with van der Waals surface area (Å²) in [5.41, 5.74) is 1.74. The summed E-state index contributed by atoms with van der Waals surface area (Å²) in [7, 11) is 1.77. The summed E-state index contributed by atoms with van der Waals surface area (Å²) >= 11 is 0. The maximum absolute atomic E-state index is 11.9. The Hall–Kier alpha value is -1.62. The summed E-state index contributed by atoms with van der Waals surface area (Å²) < 4.78 is 5.34. The van der Waals surface area contributed by atoms with Crippen molar-refractivity contribution in [3.8, 4) is 0 Å². The van der Waals surface area contributed by atoms with Crippen molar-refractivity contribution in [3.63, 3.8) is 0 Å². The number of nitrogens with zero attached hydrogens (tertiary/aromatic N) is 2. The lowest BCUT2D eigenvalue weighted by atomic mass is 10.1. The highest BCUT2D eigenvalue weighted by Gasteiger charge is 2.20. The van der Waals surface area contributed by atoms with Gasteiger partial charge in [-0.05, 0) is 51.8 Å². The first kappa shape index (κ1) is 18.4. The van der Waals surface area contributed by atoms with Crippen LogP contribution in [0.5, 0.6) is 0 Å². The Bertz CT molecular complexity index is 466. The molecular weight excluding hydrogens is 278 g/mol. The molecular formula is C17H29N3O2. The average molecular weight is 307 g/mol. The maximum atomic E-state index is 11.9. The molecule has 1 aromatic heterocycles.